The van der Waals surface area contributed by atoms with Crippen LogP contribution >= 0.6 is 0 Å². The molecule has 4 nitrogen and oxygen atoms in total. The molecule has 1 rings (SSSR count). The highest BCUT2D eigenvalue weighted by molar-refractivity contribution is 5.75. The molecule has 0 atom stereocenters. The van der Waals surface area contributed by atoms with E-state index in [4.69, 9.17) is 11.6 Å². The number of carbonyl (C=O) groups is 1. The summed E-state index contributed by atoms with van der Waals surface area (Å²) >= 11 is 0. The number of nitrogens with two attached hydrogens (primary N) is 2. The molecule has 1 aromatic carbocycles. The summed E-state index contributed by atoms with van der Waals surface area (Å²) in [5.41, 5.74) is 6.94. The van der Waals surface area contributed by atoms with Crippen LogP contribution in [0.1, 0.15) is 6.42 Å². The van der Waals surface area contributed by atoms with E-state index in [1.54, 1.807) is 0 Å². The smallest absolute Gasteiger partial charge is 0.235 e. The molecule has 0 radical (unpaired) electrons. The second kappa shape index (κ2) is 8.70. The lowest BCUT2D eigenvalue weighted by Crippen LogP contribution is -2.31. The molecule has 0 fully saturated rings. The molecule has 0 saturated heterocycles. The third-order valence-corrected chi connectivity index (χ3v) is 1.20. The van der Waals surface area contributed by atoms with Gasteiger partial charge in [0.2, 0.25) is 5.91 Å². The van der Waals surface area contributed by atoms with E-state index in [2.05, 4.69) is 0 Å². The van der Waals surface area contributed by atoms with Gasteiger partial charge in [-0.3, -0.25) is 10.2 Å². The zero-order valence-electron chi connectivity index (χ0n) is 7.44. The number of benzene rings is 1. The second-order valence-electron chi connectivity index (χ2n) is 2.26. The van der Waals surface area contributed by atoms with Gasteiger partial charge in [-0.25, -0.2) is 5.84 Å². The molecule has 0 aromatic heterocycles. The summed E-state index contributed by atoms with van der Waals surface area (Å²) in [7, 11) is 0. The fourth-order valence-corrected chi connectivity index (χ4v) is 0.588. The molecule has 0 saturated carbocycles. The number of rotatable bonds is 2. The van der Waals surface area contributed by atoms with E-state index in [9.17, 15) is 4.79 Å². The summed E-state index contributed by atoms with van der Waals surface area (Å²) in [5.74, 6) is 4.48. The van der Waals surface area contributed by atoms with Crippen molar-refractivity contribution in [3.05, 3.63) is 36.4 Å². The molecule has 0 aliphatic rings. The number of hydrogen-bond donors (Lipinski definition) is 3. The van der Waals surface area contributed by atoms with Crippen LogP contribution < -0.4 is 17.0 Å². The highest BCUT2D eigenvalue weighted by atomic mass is 16.2. The van der Waals surface area contributed by atoms with Gasteiger partial charge in [0.15, 0.2) is 0 Å². The van der Waals surface area contributed by atoms with Crippen molar-refractivity contribution in [2.24, 2.45) is 11.6 Å². The van der Waals surface area contributed by atoms with Gasteiger partial charge in [-0.2, -0.15) is 0 Å². The van der Waals surface area contributed by atoms with E-state index in [-0.39, 0.29) is 5.91 Å². The quantitative estimate of drug-likeness (QED) is 0.341. The average Bonchev–Trinajstić information content (AvgIpc) is 2.22. The van der Waals surface area contributed by atoms with Gasteiger partial charge in [-0.05, 0) is 0 Å². The highest BCUT2D eigenvalue weighted by Crippen LogP contribution is 1.79. The van der Waals surface area contributed by atoms with Gasteiger partial charge in [0.1, 0.15) is 0 Å². The first-order valence-corrected chi connectivity index (χ1v) is 4.00. The van der Waals surface area contributed by atoms with Crippen molar-refractivity contribution in [2.45, 2.75) is 6.42 Å². The van der Waals surface area contributed by atoms with Crippen LogP contribution in [-0.4, -0.2) is 12.5 Å². The molecule has 1 aromatic rings. The molecule has 5 N–H and O–H groups in total. The van der Waals surface area contributed by atoms with Crippen LogP contribution in [0, 0.1) is 0 Å². The third kappa shape index (κ3) is 8.52. The lowest BCUT2D eigenvalue weighted by molar-refractivity contribution is -0.120. The minimum absolute atomic E-state index is 0.220. The molecule has 1 amide bonds. The van der Waals surface area contributed by atoms with E-state index >= 15 is 0 Å². The maximum atomic E-state index is 10.1. The Kier molecular flexibility index (Phi) is 7.77. The zero-order chi connectivity index (χ0) is 9.94. The summed E-state index contributed by atoms with van der Waals surface area (Å²) in [6.07, 6.45) is 0.302. The minimum atomic E-state index is -0.220. The Morgan fingerprint density at radius 1 is 1.08 bits per heavy atom. The number of nitrogens with one attached hydrogen (secondary N) is 1. The standard InChI is InChI=1S/C6H6.C3H9N3O/c1-2-4-6-5-3-1;4-2-1-3(7)6-5/h1-6H;1-2,4-5H2,(H,6,7). The Hall–Kier alpha value is -1.39. The van der Waals surface area contributed by atoms with Gasteiger partial charge >= 0.3 is 0 Å². The van der Waals surface area contributed by atoms with Crippen LogP contribution in [0.25, 0.3) is 0 Å². The predicted octanol–water partition coefficient (Wildman–Crippen LogP) is 0.0117. The number of amides is 1. The summed E-state index contributed by atoms with van der Waals surface area (Å²) in [4.78, 5) is 10.1. The molecule has 72 valence electrons. The van der Waals surface area contributed by atoms with Gasteiger partial charge in [0, 0.05) is 13.0 Å². The summed E-state index contributed by atoms with van der Waals surface area (Å²) in [5, 5.41) is 0. The number of carbonyl (C=O) groups excluding carboxylic acids is 1. The average molecular weight is 181 g/mol. The van der Waals surface area contributed by atoms with Crippen molar-refractivity contribution in [2.75, 3.05) is 6.54 Å². The fourth-order valence-electron chi connectivity index (χ4n) is 0.588. The third-order valence-electron chi connectivity index (χ3n) is 1.20. The van der Waals surface area contributed by atoms with Crippen molar-refractivity contribution in [3.63, 3.8) is 0 Å². The maximum absolute atomic E-state index is 10.1. The predicted molar refractivity (Wildman–Crippen MR) is 52.4 cm³/mol. The molecule has 0 bridgehead atoms. The van der Waals surface area contributed by atoms with Crippen LogP contribution in [0.5, 0.6) is 0 Å². The first kappa shape index (κ1) is 11.6. The molecule has 4 heteroatoms. The van der Waals surface area contributed by atoms with E-state index in [1.807, 2.05) is 41.8 Å². The summed E-state index contributed by atoms with van der Waals surface area (Å²) < 4.78 is 0. The van der Waals surface area contributed by atoms with E-state index in [0.29, 0.717) is 13.0 Å². The van der Waals surface area contributed by atoms with Crippen molar-refractivity contribution in [3.8, 4) is 0 Å². The molecular weight excluding hydrogens is 166 g/mol. The molecular formula is C9H15N3O. The lowest BCUT2D eigenvalue weighted by Gasteiger charge is -1.91. The van der Waals surface area contributed by atoms with Crippen LogP contribution in [0.3, 0.4) is 0 Å². The van der Waals surface area contributed by atoms with Gasteiger partial charge in [-0.1, -0.05) is 36.4 Å². The largest absolute Gasteiger partial charge is 0.330 e. The second-order valence-corrected chi connectivity index (χ2v) is 2.26. The lowest BCUT2D eigenvalue weighted by atomic mass is 10.4. The van der Waals surface area contributed by atoms with Crippen molar-refractivity contribution < 1.29 is 4.79 Å². The molecule has 0 aliphatic carbocycles. The van der Waals surface area contributed by atoms with Crippen LogP contribution in [0.15, 0.2) is 36.4 Å². The molecule has 0 unspecified atom stereocenters. The van der Waals surface area contributed by atoms with Gasteiger partial charge in [0.05, 0.1) is 0 Å². The van der Waals surface area contributed by atoms with Crippen molar-refractivity contribution in [1.82, 2.24) is 5.43 Å². The Labute approximate surface area is 77.9 Å². The van der Waals surface area contributed by atoms with E-state index in [1.165, 1.54) is 0 Å². The van der Waals surface area contributed by atoms with Crippen LogP contribution in [-0.2, 0) is 4.79 Å². The molecule has 0 aliphatic heterocycles. The SMILES string of the molecule is NCCC(=O)NN.c1ccccc1. The zero-order valence-corrected chi connectivity index (χ0v) is 7.44. The first-order chi connectivity index (χ1) is 6.31. The van der Waals surface area contributed by atoms with E-state index in [0.717, 1.165) is 0 Å². The van der Waals surface area contributed by atoms with Gasteiger partial charge in [-0.15, -0.1) is 0 Å². The maximum Gasteiger partial charge on any atom is 0.235 e. The molecule has 13 heavy (non-hydrogen) atoms. The Morgan fingerprint density at radius 3 is 1.62 bits per heavy atom. The van der Waals surface area contributed by atoms with Crippen molar-refractivity contribution >= 4 is 5.91 Å². The first-order valence-electron chi connectivity index (χ1n) is 4.00. The summed E-state index contributed by atoms with van der Waals surface area (Å²) in [6.45, 7) is 0.350. The monoisotopic (exact) mass is 181 g/mol. The van der Waals surface area contributed by atoms with Gasteiger partial charge in [0.25, 0.3) is 0 Å². The Bertz CT molecular complexity index is 187. The van der Waals surface area contributed by atoms with Crippen molar-refractivity contribution in [1.29, 1.82) is 0 Å². The molecule has 0 spiro atoms. The highest BCUT2D eigenvalue weighted by Gasteiger charge is 1.90. The normalized spacial score (nSPS) is 8.15. The van der Waals surface area contributed by atoms with Gasteiger partial charge < -0.3 is 5.73 Å². The number of hydrogen-bond acceptors (Lipinski definition) is 3. The minimum Gasteiger partial charge on any atom is -0.330 e. The molecule has 0 heterocycles. The fraction of sp³-hybridized carbons (Fsp3) is 0.222. The number of hydrazine groups is 1. The van der Waals surface area contributed by atoms with E-state index < -0.39 is 0 Å². The Balaban J connectivity index is 0.000000223. The van der Waals surface area contributed by atoms with Crippen LogP contribution in [0.2, 0.25) is 0 Å². The topological polar surface area (TPSA) is 81.1 Å². The van der Waals surface area contributed by atoms with Crippen LogP contribution in [0.4, 0.5) is 0 Å². The Morgan fingerprint density at radius 2 is 1.46 bits per heavy atom. The summed E-state index contributed by atoms with van der Waals surface area (Å²) in [6, 6.07) is 12.0.